The molecule has 0 aromatic heterocycles. The van der Waals surface area contributed by atoms with Crippen molar-refractivity contribution >= 4 is 49.5 Å². The highest BCUT2D eigenvalue weighted by Crippen LogP contribution is 2.38. The Balaban J connectivity index is -0.00000231. The number of unbranched alkanes of at least 4 members (excludes halogenated alkanes) is 20. The molecule has 21 N–H and O–H groups in total. The number of hydrogen-bond acceptors (Lipinski definition) is 20. The topological polar surface area (TPSA) is 493 Å². The number of aliphatic carboxylic acids is 4. The van der Waals surface area contributed by atoms with Crippen molar-refractivity contribution in [1.82, 2.24) is 50.8 Å². The third-order valence-corrected chi connectivity index (χ3v) is 12.0. The number of quaternary nitrogens is 5. The number of phosphoric acid groups is 1. The zero-order valence-electron chi connectivity index (χ0n) is 46.5. The van der Waals surface area contributed by atoms with Crippen LogP contribution < -0.4 is 61.4 Å². The van der Waals surface area contributed by atoms with Crippen LogP contribution >= 0.6 is 7.82 Å². The number of phosphoric ester groups is 1. The van der Waals surface area contributed by atoms with Crippen molar-refractivity contribution in [2.45, 2.75) is 174 Å². The average Bonchev–Trinajstić information content (AvgIpc) is 3.27. The quantitative estimate of drug-likeness (QED) is 0.0289. The summed E-state index contributed by atoms with van der Waals surface area (Å²) in [6.45, 7) is -2.21. The molecule has 442 valence electrons. The second-order valence-corrected chi connectivity index (χ2v) is 18.9. The summed E-state index contributed by atoms with van der Waals surface area (Å²) in [5.41, 5.74) is 0. The highest BCUT2D eigenvalue weighted by molar-refractivity contribution is 7.45. The first-order valence-corrected chi connectivity index (χ1v) is 26.6. The minimum Gasteiger partial charge on any atom is -0.756 e. The standard InChI is InChI=1S/C47H87N4O17P.5H3N/c1-3-5-7-9-11-13-15-17-19-21-23-25-46(61)65-38-40(68-47(62)26-24-22-20-18-16-14-12-10-8-6-4-2)39-67-69(63,64)66-32-27-48-41(52)33-50(35-43(55)56)30-28-49(34-42(53)54)29-31-51(36-44(57)58)37-45(59)60;;;;;/h40H,3-39H2,1-2H3,(H,48,52)(H,53,54)(H,55,56)(H,57,58)(H,59,60)(H,63,64);5*1H3/t40-;;;;;/m1...../s1. The lowest BCUT2D eigenvalue weighted by molar-refractivity contribution is -0.311. The summed E-state index contributed by atoms with van der Waals surface area (Å²) < 4.78 is 33.3. The van der Waals surface area contributed by atoms with E-state index in [0.29, 0.717) is 12.8 Å². The van der Waals surface area contributed by atoms with E-state index in [2.05, 4.69) is 19.2 Å². The van der Waals surface area contributed by atoms with E-state index >= 15 is 0 Å². The summed E-state index contributed by atoms with van der Waals surface area (Å²) in [5.74, 6) is -8.17. The minimum atomic E-state index is -5.06. The van der Waals surface area contributed by atoms with Crippen LogP contribution in [0.2, 0.25) is 0 Å². The van der Waals surface area contributed by atoms with Gasteiger partial charge in [-0.15, -0.1) is 0 Å². The number of carboxylic acids is 4. The lowest BCUT2D eigenvalue weighted by Crippen LogP contribution is -2.50. The summed E-state index contributed by atoms with van der Waals surface area (Å²) in [6, 6.07) is 0. The number of nitrogens with zero attached hydrogens (tertiary/aromatic N) is 3. The van der Waals surface area contributed by atoms with E-state index in [1.165, 1.54) is 81.9 Å². The lowest BCUT2D eigenvalue weighted by atomic mass is 10.1. The van der Waals surface area contributed by atoms with Crippen molar-refractivity contribution in [3.63, 3.8) is 0 Å². The summed E-state index contributed by atoms with van der Waals surface area (Å²) in [4.78, 5) is 98.6. The lowest BCUT2D eigenvalue weighted by Gasteiger charge is -2.30. The molecular weight excluding hydrogens is 994 g/mol. The molecule has 0 saturated carbocycles. The SMILES string of the molecule is CCCCCCCCCCCCCC(=O)OC[C@H](COP(=O)([O-])OCCNC(=O)CN(CCN(CCN(CC(=O)[O-])CC(=O)[O-])CC(=O)[O-])CC(=O)[O-])OC(=O)CCCCCCCCCCCCC.[NH4+].[NH4+].[NH4+].[NH4+].[NH4+]. The Morgan fingerprint density at radius 3 is 1.19 bits per heavy atom. The zero-order valence-corrected chi connectivity index (χ0v) is 47.4. The summed E-state index contributed by atoms with van der Waals surface area (Å²) >= 11 is 0. The molecule has 0 aliphatic heterocycles. The first-order valence-electron chi connectivity index (χ1n) is 25.1. The molecular formula is C47H102N9O17P. The van der Waals surface area contributed by atoms with E-state index < -0.39 is 108 Å². The van der Waals surface area contributed by atoms with Crippen molar-refractivity contribution < 1.29 is 82.0 Å². The van der Waals surface area contributed by atoms with Gasteiger partial charge in [-0.1, -0.05) is 142 Å². The van der Waals surface area contributed by atoms with Gasteiger partial charge in [0, 0.05) is 71.7 Å². The van der Waals surface area contributed by atoms with E-state index in [1.807, 2.05) is 0 Å². The number of carbonyl (C=O) groups is 7. The van der Waals surface area contributed by atoms with Gasteiger partial charge in [-0.05, 0) is 12.8 Å². The Kier molecular flexibility index (Phi) is 59.3. The fourth-order valence-electron chi connectivity index (χ4n) is 7.30. The Morgan fingerprint density at radius 1 is 0.459 bits per heavy atom. The summed E-state index contributed by atoms with van der Waals surface area (Å²) in [6.07, 6.45) is 23.2. The number of ether oxygens (including phenoxy) is 2. The monoisotopic (exact) mass is 1100 g/mol. The van der Waals surface area contributed by atoms with Crippen LogP contribution in [0.3, 0.4) is 0 Å². The van der Waals surface area contributed by atoms with E-state index in [9.17, 15) is 63.4 Å². The maximum atomic E-state index is 12.8. The Morgan fingerprint density at radius 2 is 0.797 bits per heavy atom. The predicted octanol–water partition coefficient (Wildman–Crippen LogP) is 2.25. The van der Waals surface area contributed by atoms with E-state index in [0.717, 1.165) is 61.2 Å². The van der Waals surface area contributed by atoms with Crippen LogP contribution in [-0.2, 0) is 56.6 Å². The molecule has 0 bridgehead atoms. The fourth-order valence-corrected chi connectivity index (χ4v) is 8.04. The Bertz CT molecular complexity index is 1480. The highest BCUT2D eigenvalue weighted by Gasteiger charge is 2.22. The molecule has 0 rings (SSSR count). The molecule has 26 nitrogen and oxygen atoms in total. The van der Waals surface area contributed by atoms with Crippen molar-refractivity contribution in [3.05, 3.63) is 0 Å². The normalized spacial score (nSPS) is 11.9. The number of nitrogens with one attached hydrogen (secondary N) is 1. The van der Waals surface area contributed by atoms with E-state index in [1.54, 1.807) is 0 Å². The first-order chi connectivity index (χ1) is 33.0. The van der Waals surface area contributed by atoms with E-state index in [4.69, 9.17) is 18.5 Å². The number of hydrogen-bond donors (Lipinski definition) is 6. The number of esters is 2. The van der Waals surface area contributed by atoms with Gasteiger partial charge >= 0.3 is 11.9 Å². The van der Waals surface area contributed by atoms with Gasteiger partial charge in [-0.25, -0.2) is 0 Å². The molecule has 27 heteroatoms. The molecule has 0 aromatic rings. The molecule has 0 heterocycles. The molecule has 1 amide bonds. The molecule has 74 heavy (non-hydrogen) atoms. The molecule has 0 spiro atoms. The van der Waals surface area contributed by atoms with Gasteiger partial charge in [0.1, 0.15) is 6.61 Å². The van der Waals surface area contributed by atoms with Gasteiger partial charge in [-0.2, -0.15) is 0 Å². The maximum absolute atomic E-state index is 12.8. The van der Waals surface area contributed by atoms with Gasteiger partial charge in [0.25, 0.3) is 7.82 Å². The second-order valence-electron chi connectivity index (χ2n) is 17.5. The summed E-state index contributed by atoms with van der Waals surface area (Å²) in [5, 5.41) is 47.1. The number of amides is 1. The molecule has 1 unspecified atom stereocenters. The highest BCUT2D eigenvalue weighted by atomic mass is 31.2. The third-order valence-electron chi connectivity index (χ3n) is 11.0. The molecule has 0 saturated heterocycles. The third kappa shape index (κ3) is 54.3. The minimum absolute atomic E-state index is 0. The van der Waals surface area contributed by atoms with Crippen molar-refractivity contribution in [3.8, 4) is 0 Å². The van der Waals surface area contributed by atoms with Gasteiger partial charge in [0.2, 0.25) is 5.91 Å². The molecule has 0 aliphatic rings. The van der Waals surface area contributed by atoms with Crippen molar-refractivity contribution in [2.75, 3.05) is 85.3 Å². The summed E-state index contributed by atoms with van der Waals surface area (Å²) in [7, 11) is -5.06. The van der Waals surface area contributed by atoms with Crippen LogP contribution in [0.4, 0.5) is 0 Å². The van der Waals surface area contributed by atoms with Crippen LogP contribution in [0.1, 0.15) is 168 Å². The van der Waals surface area contributed by atoms with Crippen molar-refractivity contribution in [2.24, 2.45) is 0 Å². The predicted molar refractivity (Wildman–Crippen MR) is 275 cm³/mol. The van der Waals surface area contributed by atoms with Crippen LogP contribution in [0.25, 0.3) is 0 Å². The largest absolute Gasteiger partial charge is 0.756 e. The van der Waals surface area contributed by atoms with E-state index in [-0.39, 0.29) is 76.3 Å². The maximum Gasteiger partial charge on any atom is 0.306 e. The van der Waals surface area contributed by atoms with Gasteiger partial charge < -0.3 is 99.1 Å². The second kappa shape index (κ2) is 53.9. The zero-order chi connectivity index (χ0) is 51.5. The van der Waals surface area contributed by atoms with Gasteiger partial charge in [0.05, 0.1) is 43.6 Å². The Hall–Kier alpha value is -3.92. The number of carbonyl (C=O) groups excluding carboxylic acids is 7. The molecule has 0 fully saturated rings. The molecule has 0 radical (unpaired) electrons. The number of rotatable bonds is 50. The molecule has 2 atom stereocenters. The number of carboxylic acid groups (broad SMARTS) is 4. The Labute approximate surface area is 440 Å². The average molecular weight is 1100 g/mol. The first kappa shape index (κ1) is 81.4. The van der Waals surface area contributed by atoms with Crippen LogP contribution in [-0.4, -0.2) is 148 Å². The smallest absolute Gasteiger partial charge is 0.306 e. The van der Waals surface area contributed by atoms with Crippen LogP contribution in [0.15, 0.2) is 0 Å². The van der Waals surface area contributed by atoms with Crippen LogP contribution in [0, 0.1) is 0 Å². The van der Waals surface area contributed by atoms with Gasteiger partial charge in [0.15, 0.2) is 6.10 Å². The molecule has 0 aliphatic carbocycles. The van der Waals surface area contributed by atoms with Crippen molar-refractivity contribution in [1.29, 1.82) is 0 Å². The van der Waals surface area contributed by atoms with Crippen LogP contribution in [0.5, 0.6) is 0 Å². The fraction of sp³-hybridized carbons (Fsp3) is 0.851. The van der Waals surface area contributed by atoms with Gasteiger partial charge in [-0.3, -0.25) is 33.6 Å². The molecule has 0 aromatic carbocycles.